The van der Waals surface area contributed by atoms with Crippen LogP contribution in [0.2, 0.25) is 0 Å². The fourth-order valence-electron chi connectivity index (χ4n) is 2.93. The summed E-state index contributed by atoms with van der Waals surface area (Å²) in [6.07, 6.45) is 3.56. The Bertz CT molecular complexity index is 870. The molecule has 0 spiro atoms. The van der Waals surface area contributed by atoms with Crippen LogP contribution in [0.5, 0.6) is 0 Å². The van der Waals surface area contributed by atoms with Crippen LogP contribution in [0, 0.1) is 11.3 Å². The number of nitriles is 1. The largest absolute Gasteiger partial charge is 0.378 e. The van der Waals surface area contributed by atoms with E-state index < -0.39 is 0 Å². The summed E-state index contributed by atoms with van der Waals surface area (Å²) < 4.78 is 7.15. The molecule has 0 radical (unpaired) electrons. The second-order valence-corrected chi connectivity index (χ2v) is 5.56. The number of morpholine rings is 1. The summed E-state index contributed by atoms with van der Waals surface area (Å²) in [4.78, 5) is 2.34. The van der Waals surface area contributed by atoms with E-state index in [2.05, 4.69) is 40.3 Å². The lowest BCUT2D eigenvalue weighted by Gasteiger charge is -2.28. The zero-order chi connectivity index (χ0) is 15.6. The third-order valence-corrected chi connectivity index (χ3v) is 4.21. The highest BCUT2D eigenvalue weighted by Gasteiger charge is 2.11. The molecule has 3 heterocycles. The number of fused-ring (bicyclic) bond motifs is 1. The van der Waals surface area contributed by atoms with Crippen molar-refractivity contribution in [3.63, 3.8) is 0 Å². The lowest BCUT2D eigenvalue weighted by atomic mass is 10.1. The minimum Gasteiger partial charge on any atom is -0.378 e. The second kappa shape index (κ2) is 5.75. The van der Waals surface area contributed by atoms with Crippen LogP contribution < -0.4 is 4.90 Å². The van der Waals surface area contributed by atoms with Gasteiger partial charge in [0, 0.05) is 30.5 Å². The standard InChI is InChI=1S/C18H16N4O/c19-11-16-12-20-22-13-15(3-6-18(16)22)14-1-4-17(5-2-14)21-7-9-23-10-8-21/h1-6,12-13H,7-10H2. The van der Waals surface area contributed by atoms with Crippen molar-refractivity contribution in [1.29, 1.82) is 5.26 Å². The van der Waals surface area contributed by atoms with Gasteiger partial charge in [0.1, 0.15) is 6.07 Å². The summed E-state index contributed by atoms with van der Waals surface area (Å²) in [7, 11) is 0. The number of hydrogen-bond donors (Lipinski definition) is 0. The minimum atomic E-state index is 0.596. The van der Waals surface area contributed by atoms with Gasteiger partial charge in [0.15, 0.2) is 0 Å². The number of nitrogens with zero attached hydrogens (tertiary/aromatic N) is 4. The maximum absolute atomic E-state index is 9.05. The average molecular weight is 304 g/mol. The van der Waals surface area contributed by atoms with Gasteiger partial charge in [-0.15, -0.1) is 0 Å². The Labute approximate surface area is 134 Å². The lowest BCUT2D eigenvalue weighted by Crippen LogP contribution is -2.36. The summed E-state index contributed by atoms with van der Waals surface area (Å²) in [5, 5.41) is 13.3. The van der Waals surface area contributed by atoms with Gasteiger partial charge in [-0.05, 0) is 23.8 Å². The van der Waals surface area contributed by atoms with Gasteiger partial charge in [0.2, 0.25) is 0 Å². The van der Waals surface area contributed by atoms with Gasteiger partial charge in [-0.25, -0.2) is 4.52 Å². The molecule has 5 heteroatoms. The van der Waals surface area contributed by atoms with Gasteiger partial charge < -0.3 is 9.64 Å². The molecule has 0 saturated carbocycles. The summed E-state index contributed by atoms with van der Waals surface area (Å²) in [6.45, 7) is 3.46. The van der Waals surface area contributed by atoms with Crippen molar-refractivity contribution in [2.24, 2.45) is 0 Å². The van der Waals surface area contributed by atoms with Crippen molar-refractivity contribution in [3.05, 3.63) is 54.4 Å². The number of pyridine rings is 1. The van der Waals surface area contributed by atoms with Crippen LogP contribution in [0.1, 0.15) is 5.56 Å². The maximum atomic E-state index is 9.05. The van der Waals surface area contributed by atoms with Crippen LogP contribution in [0.15, 0.2) is 48.8 Å². The van der Waals surface area contributed by atoms with E-state index in [0.29, 0.717) is 5.56 Å². The zero-order valence-electron chi connectivity index (χ0n) is 12.6. The van der Waals surface area contributed by atoms with Crippen LogP contribution in [0.4, 0.5) is 5.69 Å². The van der Waals surface area contributed by atoms with Crippen LogP contribution in [-0.4, -0.2) is 35.9 Å². The van der Waals surface area contributed by atoms with E-state index in [1.165, 1.54) is 5.69 Å². The number of anilines is 1. The normalized spacial score (nSPS) is 14.8. The Hall–Kier alpha value is -2.84. The first kappa shape index (κ1) is 13.8. The van der Waals surface area contributed by atoms with Crippen molar-refractivity contribution in [2.45, 2.75) is 0 Å². The molecular weight excluding hydrogens is 288 g/mol. The first-order valence-corrected chi connectivity index (χ1v) is 7.66. The van der Waals surface area contributed by atoms with Gasteiger partial charge in [0.05, 0.1) is 30.5 Å². The van der Waals surface area contributed by atoms with Crippen LogP contribution in [-0.2, 0) is 4.74 Å². The van der Waals surface area contributed by atoms with Crippen molar-refractivity contribution in [3.8, 4) is 17.2 Å². The van der Waals surface area contributed by atoms with Gasteiger partial charge in [-0.1, -0.05) is 18.2 Å². The molecule has 4 rings (SSSR count). The molecule has 1 aliphatic rings. The summed E-state index contributed by atoms with van der Waals surface area (Å²) in [5.41, 5.74) is 4.88. The topological polar surface area (TPSA) is 53.6 Å². The van der Waals surface area contributed by atoms with Crippen molar-refractivity contribution in [2.75, 3.05) is 31.2 Å². The highest BCUT2D eigenvalue weighted by atomic mass is 16.5. The highest BCUT2D eigenvalue weighted by molar-refractivity contribution is 5.69. The minimum absolute atomic E-state index is 0.596. The number of benzene rings is 1. The van der Waals surface area contributed by atoms with Crippen LogP contribution in [0.3, 0.4) is 0 Å². The SMILES string of the molecule is N#Cc1cnn2cc(-c3ccc(N4CCOCC4)cc3)ccc12. The second-order valence-electron chi connectivity index (χ2n) is 5.56. The average Bonchev–Trinajstić information content (AvgIpc) is 3.05. The number of hydrogen-bond acceptors (Lipinski definition) is 4. The predicted octanol–water partition coefficient (Wildman–Crippen LogP) is 2.71. The molecular formula is C18H16N4O. The molecule has 0 unspecified atom stereocenters. The van der Waals surface area contributed by atoms with E-state index in [1.807, 2.05) is 18.3 Å². The number of rotatable bonds is 2. The van der Waals surface area contributed by atoms with Gasteiger partial charge in [-0.3, -0.25) is 0 Å². The van der Waals surface area contributed by atoms with Gasteiger partial charge in [0.25, 0.3) is 0 Å². The Morgan fingerprint density at radius 1 is 1.00 bits per heavy atom. The first-order chi connectivity index (χ1) is 11.3. The molecule has 0 atom stereocenters. The maximum Gasteiger partial charge on any atom is 0.103 e. The Kier molecular flexibility index (Phi) is 3.45. The van der Waals surface area contributed by atoms with Crippen molar-refractivity contribution in [1.82, 2.24) is 9.61 Å². The molecule has 23 heavy (non-hydrogen) atoms. The monoisotopic (exact) mass is 304 g/mol. The number of ether oxygens (including phenoxy) is 1. The molecule has 0 amide bonds. The van der Waals surface area contributed by atoms with Crippen molar-refractivity contribution >= 4 is 11.2 Å². The van der Waals surface area contributed by atoms with E-state index in [-0.39, 0.29) is 0 Å². The van der Waals surface area contributed by atoms with Gasteiger partial charge in [-0.2, -0.15) is 10.4 Å². The molecule has 0 N–H and O–H groups in total. The van der Waals surface area contributed by atoms with E-state index in [9.17, 15) is 0 Å². The Morgan fingerprint density at radius 2 is 1.74 bits per heavy atom. The Balaban J connectivity index is 1.64. The molecule has 0 bridgehead atoms. The van der Waals surface area contributed by atoms with E-state index >= 15 is 0 Å². The molecule has 3 aromatic rings. The van der Waals surface area contributed by atoms with E-state index in [4.69, 9.17) is 10.00 Å². The van der Waals surface area contributed by atoms with E-state index in [1.54, 1.807) is 10.7 Å². The molecule has 114 valence electrons. The molecule has 5 nitrogen and oxygen atoms in total. The van der Waals surface area contributed by atoms with Crippen molar-refractivity contribution < 1.29 is 4.74 Å². The Morgan fingerprint density at radius 3 is 2.48 bits per heavy atom. The smallest absolute Gasteiger partial charge is 0.103 e. The third-order valence-electron chi connectivity index (χ3n) is 4.21. The molecule has 0 aliphatic carbocycles. The fourth-order valence-corrected chi connectivity index (χ4v) is 2.93. The third kappa shape index (κ3) is 2.54. The fraction of sp³-hybridized carbons (Fsp3) is 0.222. The highest BCUT2D eigenvalue weighted by Crippen LogP contribution is 2.24. The molecule has 1 saturated heterocycles. The zero-order valence-corrected chi connectivity index (χ0v) is 12.6. The summed E-state index contributed by atoms with van der Waals surface area (Å²) >= 11 is 0. The van der Waals surface area contributed by atoms with E-state index in [0.717, 1.165) is 42.9 Å². The summed E-state index contributed by atoms with van der Waals surface area (Å²) in [5.74, 6) is 0. The van der Waals surface area contributed by atoms with Gasteiger partial charge >= 0.3 is 0 Å². The van der Waals surface area contributed by atoms with Crippen LogP contribution in [0.25, 0.3) is 16.6 Å². The molecule has 1 fully saturated rings. The summed E-state index contributed by atoms with van der Waals surface area (Å²) in [6, 6.07) is 14.7. The van der Waals surface area contributed by atoms with Crippen LogP contribution >= 0.6 is 0 Å². The first-order valence-electron chi connectivity index (χ1n) is 7.66. The molecule has 1 aromatic carbocycles. The molecule has 1 aliphatic heterocycles. The predicted molar refractivity (Wildman–Crippen MR) is 88.4 cm³/mol. The quantitative estimate of drug-likeness (QED) is 0.730. The number of aromatic nitrogens is 2. The molecule has 2 aromatic heterocycles. The lowest BCUT2D eigenvalue weighted by molar-refractivity contribution is 0.122.